The van der Waals surface area contributed by atoms with E-state index in [1.807, 2.05) is 6.92 Å². The molecule has 0 heterocycles. The second-order valence-electron chi connectivity index (χ2n) is 3.10. The zero-order chi connectivity index (χ0) is 12.7. The van der Waals surface area contributed by atoms with Gasteiger partial charge in [0.1, 0.15) is 17.1 Å². The summed E-state index contributed by atoms with van der Waals surface area (Å²) in [6.07, 6.45) is 1.31. The number of esters is 1. The molecule has 0 amide bonds. The van der Waals surface area contributed by atoms with Gasteiger partial charge in [0.15, 0.2) is 0 Å². The average molecular weight is 236 g/mol. The molecule has 0 aromatic heterocycles. The van der Waals surface area contributed by atoms with E-state index in [0.29, 0.717) is 30.3 Å². The normalized spacial score (nSPS) is 9.53. The number of ether oxygens (including phenoxy) is 3. The molecule has 0 saturated carbocycles. The van der Waals surface area contributed by atoms with Crippen molar-refractivity contribution in [1.29, 1.82) is 0 Å². The molecule has 1 aromatic rings. The van der Waals surface area contributed by atoms with E-state index in [-0.39, 0.29) is 0 Å². The molecule has 0 fully saturated rings. The lowest BCUT2D eigenvalue weighted by Crippen LogP contribution is -2.07. The van der Waals surface area contributed by atoms with Crippen molar-refractivity contribution in [1.82, 2.24) is 0 Å². The van der Waals surface area contributed by atoms with Gasteiger partial charge in [-0.1, -0.05) is 6.58 Å². The molecule has 0 aliphatic carbocycles. The highest BCUT2D eigenvalue weighted by molar-refractivity contribution is 5.92. The minimum absolute atomic E-state index is 0.329. The van der Waals surface area contributed by atoms with Crippen molar-refractivity contribution in [3.05, 3.63) is 36.6 Å². The molecule has 0 N–H and O–H groups in total. The molecule has 0 bridgehead atoms. The molecular weight excluding hydrogens is 220 g/mol. The molecule has 0 saturated heterocycles. The van der Waals surface area contributed by atoms with Gasteiger partial charge >= 0.3 is 5.97 Å². The Morgan fingerprint density at radius 2 is 2.12 bits per heavy atom. The van der Waals surface area contributed by atoms with Crippen LogP contribution in [0.25, 0.3) is 0 Å². The van der Waals surface area contributed by atoms with Crippen LogP contribution >= 0.6 is 0 Å². The van der Waals surface area contributed by atoms with Crippen LogP contribution < -0.4 is 9.47 Å². The van der Waals surface area contributed by atoms with Crippen LogP contribution in [-0.4, -0.2) is 19.2 Å². The first kappa shape index (κ1) is 13.1. The van der Waals surface area contributed by atoms with E-state index in [4.69, 9.17) is 14.2 Å². The molecule has 0 aliphatic heterocycles. The number of carbonyl (C=O) groups is 1. The number of hydrogen-bond acceptors (Lipinski definition) is 4. The first-order chi connectivity index (χ1) is 8.22. The zero-order valence-electron chi connectivity index (χ0n) is 10.1. The van der Waals surface area contributed by atoms with Crippen LogP contribution in [-0.2, 0) is 4.74 Å². The summed E-state index contributed by atoms with van der Waals surface area (Å²) in [4.78, 5) is 11.6. The molecule has 1 rings (SSSR count). The summed E-state index contributed by atoms with van der Waals surface area (Å²) in [6.45, 7) is 7.86. The smallest absolute Gasteiger partial charge is 0.341 e. The van der Waals surface area contributed by atoms with Crippen molar-refractivity contribution >= 4 is 5.97 Å². The predicted molar refractivity (Wildman–Crippen MR) is 64.4 cm³/mol. The first-order valence-electron chi connectivity index (χ1n) is 5.44. The minimum atomic E-state index is -0.402. The Morgan fingerprint density at radius 1 is 1.35 bits per heavy atom. The lowest BCUT2D eigenvalue weighted by atomic mass is 10.2. The summed E-state index contributed by atoms with van der Waals surface area (Å²) in [5, 5.41) is 0. The van der Waals surface area contributed by atoms with Crippen LogP contribution in [0.15, 0.2) is 31.0 Å². The van der Waals surface area contributed by atoms with E-state index < -0.39 is 5.97 Å². The Bertz CT molecular complexity index is 398. The van der Waals surface area contributed by atoms with Crippen molar-refractivity contribution in [2.24, 2.45) is 0 Å². The molecular formula is C13H16O4. The molecule has 0 aliphatic rings. The second-order valence-corrected chi connectivity index (χ2v) is 3.10. The van der Waals surface area contributed by atoms with Gasteiger partial charge in [0, 0.05) is 6.07 Å². The molecule has 1 aromatic carbocycles. The Balaban J connectivity index is 3.02. The van der Waals surface area contributed by atoms with E-state index in [0.717, 1.165) is 0 Å². The summed E-state index contributed by atoms with van der Waals surface area (Å²) in [6, 6.07) is 4.91. The van der Waals surface area contributed by atoms with Crippen LogP contribution in [0.4, 0.5) is 0 Å². The maximum atomic E-state index is 11.6. The fourth-order valence-corrected chi connectivity index (χ4v) is 1.32. The van der Waals surface area contributed by atoms with Crippen LogP contribution in [0.1, 0.15) is 24.2 Å². The minimum Gasteiger partial charge on any atom is -0.493 e. The van der Waals surface area contributed by atoms with Gasteiger partial charge in [-0.05, 0) is 26.0 Å². The Kier molecular flexibility index (Phi) is 5.07. The van der Waals surface area contributed by atoms with E-state index in [2.05, 4.69) is 6.58 Å². The maximum Gasteiger partial charge on any atom is 0.341 e. The number of benzene rings is 1. The van der Waals surface area contributed by atoms with Crippen molar-refractivity contribution in [3.8, 4) is 11.5 Å². The van der Waals surface area contributed by atoms with Crippen LogP contribution in [0.2, 0.25) is 0 Å². The molecule has 0 spiro atoms. The largest absolute Gasteiger partial charge is 0.493 e. The summed E-state index contributed by atoms with van der Waals surface area (Å²) >= 11 is 0. The lowest BCUT2D eigenvalue weighted by Gasteiger charge is -2.10. The highest BCUT2D eigenvalue weighted by Gasteiger charge is 2.14. The van der Waals surface area contributed by atoms with Gasteiger partial charge in [-0.25, -0.2) is 4.79 Å². The van der Waals surface area contributed by atoms with E-state index in [9.17, 15) is 4.79 Å². The van der Waals surface area contributed by atoms with Gasteiger partial charge in [0.05, 0.1) is 19.5 Å². The second kappa shape index (κ2) is 6.58. The Hall–Kier alpha value is -1.97. The van der Waals surface area contributed by atoms with E-state index in [1.54, 1.807) is 25.1 Å². The number of carbonyl (C=O) groups excluding carboxylic acids is 1. The summed E-state index contributed by atoms with van der Waals surface area (Å²) in [5.41, 5.74) is 0.394. The fourth-order valence-electron chi connectivity index (χ4n) is 1.32. The molecule has 0 atom stereocenters. The third-order valence-corrected chi connectivity index (χ3v) is 1.97. The molecule has 4 heteroatoms. The quantitative estimate of drug-likeness (QED) is 0.562. The molecule has 0 unspecified atom stereocenters. The SMILES string of the molecule is C=COc1ccc(C(=O)OCC)c(OCC)c1. The van der Waals surface area contributed by atoms with E-state index in [1.165, 1.54) is 6.26 Å². The monoisotopic (exact) mass is 236 g/mol. The van der Waals surface area contributed by atoms with Crippen LogP contribution in [0.5, 0.6) is 11.5 Å². The summed E-state index contributed by atoms with van der Waals surface area (Å²) in [5.74, 6) is 0.614. The summed E-state index contributed by atoms with van der Waals surface area (Å²) in [7, 11) is 0. The van der Waals surface area contributed by atoms with Gasteiger partial charge in [0.2, 0.25) is 0 Å². The third-order valence-electron chi connectivity index (χ3n) is 1.97. The Morgan fingerprint density at radius 3 is 2.71 bits per heavy atom. The van der Waals surface area contributed by atoms with Crippen LogP contribution in [0, 0.1) is 0 Å². The molecule has 92 valence electrons. The topological polar surface area (TPSA) is 44.8 Å². The number of hydrogen-bond donors (Lipinski definition) is 0. The van der Waals surface area contributed by atoms with Crippen molar-refractivity contribution < 1.29 is 19.0 Å². The lowest BCUT2D eigenvalue weighted by molar-refractivity contribution is 0.0522. The third kappa shape index (κ3) is 3.52. The van der Waals surface area contributed by atoms with Gasteiger partial charge in [-0.3, -0.25) is 0 Å². The summed E-state index contributed by atoms with van der Waals surface area (Å²) < 4.78 is 15.4. The zero-order valence-corrected chi connectivity index (χ0v) is 10.1. The Labute approximate surface area is 101 Å². The van der Waals surface area contributed by atoms with E-state index >= 15 is 0 Å². The molecule has 4 nitrogen and oxygen atoms in total. The van der Waals surface area contributed by atoms with Gasteiger partial charge in [0.25, 0.3) is 0 Å². The van der Waals surface area contributed by atoms with Crippen LogP contribution in [0.3, 0.4) is 0 Å². The predicted octanol–water partition coefficient (Wildman–Crippen LogP) is 2.78. The number of rotatable bonds is 6. The van der Waals surface area contributed by atoms with Gasteiger partial charge in [-0.15, -0.1) is 0 Å². The fraction of sp³-hybridized carbons (Fsp3) is 0.308. The standard InChI is InChI=1S/C13H16O4/c1-4-15-10-7-8-11(13(14)17-6-3)12(9-10)16-5-2/h4,7-9H,1,5-6H2,2-3H3. The average Bonchev–Trinajstić information content (AvgIpc) is 2.30. The van der Waals surface area contributed by atoms with Gasteiger partial charge in [-0.2, -0.15) is 0 Å². The molecule has 17 heavy (non-hydrogen) atoms. The van der Waals surface area contributed by atoms with Crippen molar-refractivity contribution in [3.63, 3.8) is 0 Å². The molecule has 0 radical (unpaired) electrons. The van der Waals surface area contributed by atoms with Crippen molar-refractivity contribution in [2.45, 2.75) is 13.8 Å². The van der Waals surface area contributed by atoms with Gasteiger partial charge < -0.3 is 14.2 Å². The highest BCUT2D eigenvalue weighted by Crippen LogP contribution is 2.25. The first-order valence-corrected chi connectivity index (χ1v) is 5.44. The maximum absolute atomic E-state index is 11.6. The highest BCUT2D eigenvalue weighted by atomic mass is 16.5. The van der Waals surface area contributed by atoms with Crippen molar-refractivity contribution in [2.75, 3.05) is 13.2 Å².